The van der Waals surface area contributed by atoms with Crippen LogP contribution in [0.1, 0.15) is 19.4 Å². The lowest BCUT2D eigenvalue weighted by Crippen LogP contribution is -2.34. The SMILES string of the molecule is CNc1ncc2c(n1)-c1ccccc1NC(=O)C2(C)C. The predicted octanol–water partition coefficient (Wildman–Crippen LogP) is 2.42. The van der Waals surface area contributed by atoms with Crippen molar-refractivity contribution in [2.24, 2.45) is 0 Å². The van der Waals surface area contributed by atoms with Crippen LogP contribution in [0.15, 0.2) is 30.5 Å². The summed E-state index contributed by atoms with van der Waals surface area (Å²) in [6.45, 7) is 3.77. The Morgan fingerprint density at radius 3 is 2.75 bits per heavy atom. The van der Waals surface area contributed by atoms with Crippen molar-refractivity contribution < 1.29 is 4.79 Å². The van der Waals surface area contributed by atoms with Crippen LogP contribution in [-0.4, -0.2) is 22.9 Å². The lowest BCUT2D eigenvalue weighted by molar-refractivity contribution is -0.120. The molecule has 0 saturated heterocycles. The van der Waals surface area contributed by atoms with Crippen LogP contribution in [0.5, 0.6) is 0 Å². The summed E-state index contributed by atoms with van der Waals surface area (Å²) in [6.07, 6.45) is 1.73. The number of para-hydroxylation sites is 1. The van der Waals surface area contributed by atoms with E-state index >= 15 is 0 Å². The molecule has 0 spiro atoms. The van der Waals surface area contributed by atoms with Crippen molar-refractivity contribution in [3.8, 4) is 11.3 Å². The molecule has 1 aromatic heterocycles. The number of rotatable bonds is 1. The van der Waals surface area contributed by atoms with Gasteiger partial charge in [0, 0.05) is 24.4 Å². The van der Waals surface area contributed by atoms with Gasteiger partial charge in [-0.25, -0.2) is 9.97 Å². The van der Waals surface area contributed by atoms with Crippen molar-refractivity contribution in [3.63, 3.8) is 0 Å². The Hall–Kier alpha value is -2.43. The summed E-state index contributed by atoms with van der Waals surface area (Å²) < 4.78 is 0. The number of amides is 1. The zero-order chi connectivity index (χ0) is 14.3. The smallest absolute Gasteiger partial charge is 0.234 e. The van der Waals surface area contributed by atoms with Gasteiger partial charge in [-0.05, 0) is 19.9 Å². The molecule has 5 heteroatoms. The van der Waals surface area contributed by atoms with Gasteiger partial charge in [-0.3, -0.25) is 4.79 Å². The minimum absolute atomic E-state index is 0.0514. The molecule has 0 bridgehead atoms. The summed E-state index contributed by atoms with van der Waals surface area (Å²) in [4.78, 5) is 21.2. The molecule has 0 unspecified atom stereocenters. The normalized spacial score (nSPS) is 15.7. The Labute approximate surface area is 117 Å². The van der Waals surface area contributed by atoms with Crippen LogP contribution in [0.25, 0.3) is 11.3 Å². The Bertz CT molecular complexity index is 694. The number of fused-ring (bicyclic) bond motifs is 3. The second-order valence-electron chi connectivity index (χ2n) is 5.33. The van der Waals surface area contributed by atoms with E-state index in [2.05, 4.69) is 20.6 Å². The maximum absolute atomic E-state index is 12.4. The van der Waals surface area contributed by atoms with Gasteiger partial charge in [0.15, 0.2) is 0 Å². The van der Waals surface area contributed by atoms with E-state index in [-0.39, 0.29) is 5.91 Å². The molecule has 0 fully saturated rings. The topological polar surface area (TPSA) is 66.9 Å². The fraction of sp³-hybridized carbons (Fsp3) is 0.267. The van der Waals surface area contributed by atoms with Crippen LogP contribution in [-0.2, 0) is 10.2 Å². The van der Waals surface area contributed by atoms with Gasteiger partial charge in [-0.15, -0.1) is 0 Å². The Morgan fingerprint density at radius 2 is 2.00 bits per heavy atom. The van der Waals surface area contributed by atoms with Crippen molar-refractivity contribution >= 4 is 17.5 Å². The summed E-state index contributed by atoms with van der Waals surface area (Å²) >= 11 is 0. The van der Waals surface area contributed by atoms with E-state index in [1.54, 1.807) is 13.2 Å². The highest BCUT2D eigenvalue weighted by Gasteiger charge is 2.36. The van der Waals surface area contributed by atoms with Crippen molar-refractivity contribution in [3.05, 3.63) is 36.0 Å². The molecule has 1 amide bonds. The van der Waals surface area contributed by atoms with E-state index in [0.717, 1.165) is 22.5 Å². The van der Waals surface area contributed by atoms with Gasteiger partial charge in [-0.1, -0.05) is 18.2 Å². The maximum Gasteiger partial charge on any atom is 0.234 e. The fourth-order valence-electron chi connectivity index (χ4n) is 2.36. The lowest BCUT2D eigenvalue weighted by Gasteiger charge is -2.22. The van der Waals surface area contributed by atoms with Gasteiger partial charge >= 0.3 is 0 Å². The van der Waals surface area contributed by atoms with Gasteiger partial charge in [0.2, 0.25) is 11.9 Å². The molecular formula is C15H16N4O. The van der Waals surface area contributed by atoms with Crippen LogP contribution in [0, 0.1) is 0 Å². The number of benzene rings is 1. The minimum Gasteiger partial charge on any atom is -0.357 e. The molecule has 0 atom stereocenters. The number of aromatic nitrogens is 2. The van der Waals surface area contributed by atoms with Gasteiger partial charge < -0.3 is 10.6 Å². The van der Waals surface area contributed by atoms with Crippen LogP contribution >= 0.6 is 0 Å². The highest BCUT2D eigenvalue weighted by molar-refractivity contribution is 6.04. The summed E-state index contributed by atoms with van der Waals surface area (Å²) in [6, 6.07) is 7.69. The maximum atomic E-state index is 12.4. The lowest BCUT2D eigenvalue weighted by atomic mass is 9.83. The monoisotopic (exact) mass is 268 g/mol. The fourth-order valence-corrected chi connectivity index (χ4v) is 2.36. The molecule has 5 nitrogen and oxygen atoms in total. The van der Waals surface area contributed by atoms with Crippen LogP contribution in [0.3, 0.4) is 0 Å². The molecule has 3 rings (SSSR count). The van der Waals surface area contributed by atoms with E-state index in [0.29, 0.717) is 5.95 Å². The molecule has 2 aromatic rings. The average Bonchev–Trinajstić information content (AvgIpc) is 2.54. The highest BCUT2D eigenvalue weighted by Crippen LogP contribution is 2.39. The molecule has 2 heterocycles. The van der Waals surface area contributed by atoms with Crippen LogP contribution in [0.4, 0.5) is 11.6 Å². The van der Waals surface area contributed by atoms with E-state index < -0.39 is 5.41 Å². The third-order valence-electron chi connectivity index (χ3n) is 3.68. The number of carbonyl (C=O) groups is 1. The first kappa shape index (κ1) is 12.6. The Kier molecular flexibility index (Phi) is 2.71. The molecule has 20 heavy (non-hydrogen) atoms. The zero-order valence-electron chi connectivity index (χ0n) is 11.7. The summed E-state index contributed by atoms with van der Waals surface area (Å²) in [5.41, 5.74) is 2.65. The molecule has 0 aliphatic carbocycles. The largest absolute Gasteiger partial charge is 0.357 e. The second kappa shape index (κ2) is 4.30. The van der Waals surface area contributed by atoms with E-state index in [1.807, 2.05) is 38.1 Å². The molecule has 102 valence electrons. The Morgan fingerprint density at radius 1 is 1.25 bits per heavy atom. The van der Waals surface area contributed by atoms with Crippen molar-refractivity contribution in [1.82, 2.24) is 9.97 Å². The van der Waals surface area contributed by atoms with E-state index in [4.69, 9.17) is 0 Å². The van der Waals surface area contributed by atoms with Gasteiger partial charge in [0.05, 0.1) is 16.8 Å². The molecular weight excluding hydrogens is 252 g/mol. The Balaban J connectivity index is 2.35. The minimum atomic E-state index is -0.680. The molecule has 1 aliphatic heterocycles. The van der Waals surface area contributed by atoms with E-state index in [1.165, 1.54) is 0 Å². The summed E-state index contributed by atoms with van der Waals surface area (Å²) in [5.74, 6) is 0.494. The summed E-state index contributed by atoms with van der Waals surface area (Å²) in [5, 5.41) is 5.91. The number of carbonyl (C=O) groups excluding carboxylic acids is 1. The third-order valence-corrected chi connectivity index (χ3v) is 3.68. The highest BCUT2D eigenvalue weighted by atomic mass is 16.2. The van der Waals surface area contributed by atoms with Gasteiger partial charge in [0.1, 0.15) is 0 Å². The molecule has 0 radical (unpaired) electrons. The predicted molar refractivity (Wildman–Crippen MR) is 78.7 cm³/mol. The standard InChI is InChI=1S/C15H16N4O/c1-15(2)10-8-17-14(16-3)19-12(10)9-6-4-5-7-11(9)18-13(15)20/h4-8H,1-3H3,(H,18,20)(H,16,17,19). The summed E-state index contributed by atoms with van der Waals surface area (Å²) in [7, 11) is 1.78. The van der Waals surface area contributed by atoms with Crippen LogP contribution < -0.4 is 10.6 Å². The molecule has 2 N–H and O–H groups in total. The number of nitrogens with one attached hydrogen (secondary N) is 2. The third kappa shape index (κ3) is 1.74. The number of hydrogen-bond donors (Lipinski definition) is 2. The molecule has 1 aliphatic rings. The van der Waals surface area contributed by atoms with Gasteiger partial charge in [0.25, 0.3) is 0 Å². The van der Waals surface area contributed by atoms with Crippen molar-refractivity contribution in [2.75, 3.05) is 17.7 Å². The number of hydrogen-bond acceptors (Lipinski definition) is 4. The first-order valence-corrected chi connectivity index (χ1v) is 6.50. The number of anilines is 2. The van der Waals surface area contributed by atoms with Crippen molar-refractivity contribution in [1.29, 1.82) is 0 Å². The number of nitrogens with zero attached hydrogens (tertiary/aromatic N) is 2. The van der Waals surface area contributed by atoms with Gasteiger partial charge in [-0.2, -0.15) is 0 Å². The zero-order valence-corrected chi connectivity index (χ0v) is 11.7. The average molecular weight is 268 g/mol. The first-order chi connectivity index (χ1) is 9.54. The van der Waals surface area contributed by atoms with Crippen LogP contribution in [0.2, 0.25) is 0 Å². The van der Waals surface area contributed by atoms with Crippen molar-refractivity contribution in [2.45, 2.75) is 19.3 Å². The second-order valence-corrected chi connectivity index (χ2v) is 5.33. The van der Waals surface area contributed by atoms with E-state index in [9.17, 15) is 4.79 Å². The first-order valence-electron chi connectivity index (χ1n) is 6.50. The molecule has 1 aromatic carbocycles. The molecule has 0 saturated carbocycles. The quantitative estimate of drug-likeness (QED) is 0.833.